The maximum atomic E-state index is 6.34. The summed E-state index contributed by atoms with van der Waals surface area (Å²) in [6.45, 7) is 4.04. The second kappa shape index (κ2) is 6.10. The minimum absolute atomic E-state index is 0.397. The van der Waals surface area contributed by atoms with Gasteiger partial charge >= 0.3 is 0 Å². The number of aliphatic imine (C=N–C) groups is 1. The molecule has 0 amide bonds. The van der Waals surface area contributed by atoms with Crippen LogP contribution < -0.4 is 26.4 Å². The lowest BCUT2D eigenvalue weighted by molar-refractivity contribution is 0.311. The minimum Gasteiger partial charge on any atom is -0.495 e. The van der Waals surface area contributed by atoms with Gasteiger partial charge in [0.1, 0.15) is 11.6 Å². The molecule has 1 fully saturated rings. The Morgan fingerprint density at radius 2 is 2.00 bits per heavy atom. The van der Waals surface area contributed by atoms with Crippen molar-refractivity contribution in [2.24, 2.45) is 16.5 Å². The Labute approximate surface area is 136 Å². The lowest BCUT2D eigenvalue weighted by Gasteiger charge is -2.35. The Morgan fingerprint density at radius 3 is 2.65 bits per heavy atom. The summed E-state index contributed by atoms with van der Waals surface area (Å²) in [7, 11) is 3.81. The summed E-state index contributed by atoms with van der Waals surface area (Å²) in [6, 6.07) is 5.94. The summed E-state index contributed by atoms with van der Waals surface area (Å²) in [6.07, 6.45) is 3.39. The van der Waals surface area contributed by atoms with Crippen molar-refractivity contribution in [3.63, 3.8) is 0 Å². The fourth-order valence-corrected chi connectivity index (χ4v) is 2.90. The van der Waals surface area contributed by atoms with Gasteiger partial charge in [-0.1, -0.05) is 6.07 Å². The molecule has 0 aromatic heterocycles. The highest BCUT2D eigenvalue weighted by atomic mass is 16.5. The van der Waals surface area contributed by atoms with E-state index < -0.39 is 5.79 Å². The Bertz CT molecular complexity index is 635. The Hall–Kier alpha value is -2.25. The van der Waals surface area contributed by atoms with Gasteiger partial charge < -0.3 is 25.6 Å². The van der Waals surface area contributed by atoms with Crippen molar-refractivity contribution in [3.05, 3.63) is 36.0 Å². The highest BCUT2D eigenvalue weighted by Gasteiger charge is 2.29. The van der Waals surface area contributed by atoms with Crippen molar-refractivity contribution < 1.29 is 4.74 Å². The van der Waals surface area contributed by atoms with Crippen LogP contribution in [0, 0.1) is 0 Å². The van der Waals surface area contributed by atoms with Gasteiger partial charge in [-0.3, -0.25) is 5.73 Å². The molecular formula is C16H24N6O. The molecule has 124 valence electrons. The minimum atomic E-state index is -1.06. The quantitative estimate of drug-likeness (QED) is 0.726. The summed E-state index contributed by atoms with van der Waals surface area (Å²) < 4.78 is 5.59. The lowest BCUT2D eigenvalue weighted by atomic mass is 10.1. The first-order valence-electron chi connectivity index (χ1n) is 7.72. The van der Waals surface area contributed by atoms with Crippen LogP contribution in [0.3, 0.4) is 0 Å². The molecule has 3 rings (SSSR count). The predicted octanol–water partition coefficient (Wildman–Crippen LogP) is -0.00990. The van der Waals surface area contributed by atoms with Crippen LogP contribution in [0.2, 0.25) is 0 Å². The maximum Gasteiger partial charge on any atom is 0.211 e. The number of rotatable bonds is 3. The monoisotopic (exact) mass is 316 g/mol. The smallest absolute Gasteiger partial charge is 0.211 e. The summed E-state index contributed by atoms with van der Waals surface area (Å²) in [5.41, 5.74) is 14.0. The Kier molecular flexibility index (Phi) is 4.14. The number of ether oxygens (including phenoxy) is 1. The van der Waals surface area contributed by atoms with E-state index >= 15 is 0 Å². The van der Waals surface area contributed by atoms with Crippen LogP contribution in [0.5, 0.6) is 5.75 Å². The molecule has 0 bridgehead atoms. The van der Waals surface area contributed by atoms with Crippen LogP contribution in [0.1, 0.15) is 5.56 Å². The summed E-state index contributed by atoms with van der Waals surface area (Å²) in [5.74, 6) is 0.127. The molecule has 0 aliphatic carbocycles. The zero-order valence-corrected chi connectivity index (χ0v) is 13.6. The van der Waals surface area contributed by atoms with E-state index in [1.165, 1.54) is 0 Å². The number of likely N-dealkylation sites (N-methyl/N-ethyl adjacent to an activating group) is 1. The molecule has 7 nitrogen and oxygen atoms in total. The van der Waals surface area contributed by atoms with Crippen molar-refractivity contribution >= 4 is 11.5 Å². The van der Waals surface area contributed by atoms with Gasteiger partial charge in [-0.15, -0.1) is 0 Å². The van der Waals surface area contributed by atoms with Gasteiger partial charge in [-0.2, -0.15) is 0 Å². The van der Waals surface area contributed by atoms with E-state index in [1.54, 1.807) is 19.4 Å². The molecule has 0 saturated carbocycles. The van der Waals surface area contributed by atoms with E-state index in [-0.39, 0.29) is 0 Å². The number of piperazine rings is 1. The number of hydrogen-bond donors (Lipinski definition) is 3. The Balaban J connectivity index is 1.90. The molecule has 2 aliphatic heterocycles. The topological polar surface area (TPSA) is 92.1 Å². The van der Waals surface area contributed by atoms with Crippen LogP contribution in [0.15, 0.2) is 35.5 Å². The lowest BCUT2D eigenvalue weighted by Crippen LogP contribution is -2.49. The van der Waals surface area contributed by atoms with Gasteiger partial charge in [0.25, 0.3) is 0 Å². The largest absolute Gasteiger partial charge is 0.495 e. The summed E-state index contributed by atoms with van der Waals surface area (Å²) in [4.78, 5) is 8.96. The van der Waals surface area contributed by atoms with E-state index in [0.29, 0.717) is 5.84 Å². The SMILES string of the molecule is COc1cc(C2(N)N=C(N)C=CN2)ccc1N1CCN(C)CC1. The second-order valence-electron chi connectivity index (χ2n) is 5.96. The fourth-order valence-electron chi connectivity index (χ4n) is 2.90. The van der Waals surface area contributed by atoms with Crippen molar-refractivity contribution in [1.29, 1.82) is 0 Å². The van der Waals surface area contributed by atoms with Gasteiger partial charge in [0.05, 0.1) is 12.8 Å². The number of anilines is 1. The maximum absolute atomic E-state index is 6.34. The van der Waals surface area contributed by atoms with Crippen molar-refractivity contribution in [3.8, 4) is 5.75 Å². The van der Waals surface area contributed by atoms with Crippen molar-refractivity contribution in [2.45, 2.75) is 5.79 Å². The third-order valence-electron chi connectivity index (χ3n) is 4.33. The molecule has 5 N–H and O–H groups in total. The highest BCUT2D eigenvalue weighted by Crippen LogP contribution is 2.33. The Morgan fingerprint density at radius 1 is 1.26 bits per heavy atom. The number of nitrogens with zero attached hydrogens (tertiary/aromatic N) is 3. The van der Waals surface area contributed by atoms with Crippen LogP contribution in [0.4, 0.5) is 5.69 Å². The van der Waals surface area contributed by atoms with E-state index in [0.717, 1.165) is 43.2 Å². The van der Waals surface area contributed by atoms with Crippen molar-refractivity contribution in [1.82, 2.24) is 10.2 Å². The van der Waals surface area contributed by atoms with Gasteiger partial charge in [-0.05, 0) is 25.3 Å². The van der Waals surface area contributed by atoms with Crippen LogP contribution >= 0.6 is 0 Å². The number of hydrogen-bond acceptors (Lipinski definition) is 7. The molecular weight excluding hydrogens is 292 g/mol. The fraction of sp³-hybridized carbons (Fsp3) is 0.438. The molecule has 2 heterocycles. The number of nitrogens with one attached hydrogen (secondary N) is 1. The molecule has 0 spiro atoms. The molecule has 1 aromatic carbocycles. The third-order valence-corrected chi connectivity index (χ3v) is 4.33. The molecule has 1 aromatic rings. The number of amidine groups is 1. The van der Waals surface area contributed by atoms with E-state index in [1.807, 2.05) is 18.2 Å². The highest BCUT2D eigenvalue weighted by molar-refractivity contribution is 5.92. The second-order valence-corrected chi connectivity index (χ2v) is 5.96. The molecule has 2 aliphatic rings. The first kappa shape index (κ1) is 15.6. The van der Waals surface area contributed by atoms with Gasteiger partial charge in [-0.25, -0.2) is 4.99 Å². The first-order valence-corrected chi connectivity index (χ1v) is 7.72. The molecule has 1 unspecified atom stereocenters. The molecule has 1 saturated heterocycles. The summed E-state index contributed by atoms with van der Waals surface area (Å²) >= 11 is 0. The van der Waals surface area contributed by atoms with Gasteiger partial charge in [0.15, 0.2) is 0 Å². The molecule has 23 heavy (non-hydrogen) atoms. The molecule has 0 radical (unpaired) electrons. The zero-order valence-electron chi connectivity index (χ0n) is 13.6. The average molecular weight is 316 g/mol. The molecule has 1 atom stereocenters. The van der Waals surface area contributed by atoms with Crippen LogP contribution in [-0.4, -0.2) is 51.1 Å². The van der Waals surface area contributed by atoms with E-state index in [9.17, 15) is 0 Å². The standard InChI is InChI=1S/C16H24N6O/c1-21-7-9-22(10-8-21)13-4-3-12(11-14(13)23-2)16(18)19-6-5-15(17)20-16/h3-6,11,19H,7-10,18H2,1-2H3,(H2,17,20). The first-order chi connectivity index (χ1) is 11.0. The third kappa shape index (κ3) is 3.11. The number of nitrogens with two attached hydrogens (primary N) is 2. The number of benzene rings is 1. The predicted molar refractivity (Wildman–Crippen MR) is 92.5 cm³/mol. The van der Waals surface area contributed by atoms with Gasteiger partial charge in [0, 0.05) is 37.9 Å². The van der Waals surface area contributed by atoms with Crippen LogP contribution in [0.25, 0.3) is 0 Å². The average Bonchev–Trinajstić information content (AvgIpc) is 2.55. The van der Waals surface area contributed by atoms with Crippen LogP contribution in [-0.2, 0) is 5.79 Å². The van der Waals surface area contributed by atoms with E-state index in [2.05, 4.69) is 27.2 Å². The summed E-state index contributed by atoms with van der Waals surface area (Å²) in [5, 5.41) is 3.05. The van der Waals surface area contributed by atoms with E-state index in [4.69, 9.17) is 16.2 Å². The zero-order chi connectivity index (χ0) is 16.4. The van der Waals surface area contributed by atoms with Crippen molar-refractivity contribution in [2.75, 3.05) is 45.2 Å². The normalized spacial score (nSPS) is 25.0. The number of methoxy groups -OCH3 is 1. The van der Waals surface area contributed by atoms with Gasteiger partial charge in [0.2, 0.25) is 5.79 Å². The molecule has 7 heteroatoms.